The van der Waals surface area contributed by atoms with Gasteiger partial charge in [0.1, 0.15) is 6.10 Å². The van der Waals surface area contributed by atoms with Gasteiger partial charge in [-0.3, -0.25) is 0 Å². The zero-order valence-corrected chi connectivity index (χ0v) is 29.3. The van der Waals surface area contributed by atoms with Crippen molar-refractivity contribution < 1.29 is 25.9 Å². The van der Waals surface area contributed by atoms with E-state index in [9.17, 15) is 0 Å². The molecule has 0 aromatic carbocycles. The molecule has 0 radical (unpaired) electrons. The Morgan fingerprint density at radius 1 is 0.647 bits per heavy atom. The SMILES string of the molecule is CCCC[Si](C)(C)O[Si](C)(C)O[Si](C)(CCCOCC1CO1)O[Si](C)(C)O[Si](C)(C)CCCC. The lowest BCUT2D eigenvalue weighted by Gasteiger charge is -2.44. The summed E-state index contributed by atoms with van der Waals surface area (Å²) in [5.74, 6) is 0. The van der Waals surface area contributed by atoms with E-state index >= 15 is 0 Å². The quantitative estimate of drug-likeness (QED) is 0.0869. The molecule has 0 spiro atoms. The van der Waals surface area contributed by atoms with Crippen LogP contribution < -0.4 is 0 Å². The molecule has 0 N–H and O–H groups in total. The minimum atomic E-state index is -2.54. The molecule has 0 bridgehead atoms. The maximum absolute atomic E-state index is 6.97. The molecule has 11 heteroatoms. The van der Waals surface area contributed by atoms with E-state index in [1.54, 1.807) is 0 Å². The summed E-state index contributed by atoms with van der Waals surface area (Å²) in [6.45, 7) is 27.1. The lowest BCUT2D eigenvalue weighted by molar-refractivity contribution is 0.115. The van der Waals surface area contributed by atoms with Crippen molar-refractivity contribution in [3.05, 3.63) is 0 Å². The second-order valence-corrected chi connectivity index (χ2v) is 31.9. The fourth-order valence-corrected chi connectivity index (χ4v) is 30.1. The van der Waals surface area contributed by atoms with Crippen LogP contribution in [0.2, 0.25) is 77.1 Å². The molecule has 204 valence electrons. The van der Waals surface area contributed by atoms with Crippen LogP contribution in [0.25, 0.3) is 0 Å². The van der Waals surface area contributed by atoms with Gasteiger partial charge in [0, 0.05) is 6.61 Å². The zero-order chi connectivity index (χ0) is 26.1. The summed E-state index contributed by atoms with van der Waals surface area (Å²) >= 11 is 0. The third-order valence-electron chi connectivity index (χ3n) is 5.86. The Morgan fingerprint density at radius 2 is 1.09 bits per heavy atom. The molecule has 0 aliphatic carbocycles. The topological polar surface area (TPSA) is 58.7 Å². The molecule has 1 unspecified atom stereocenters. The number of rotatable bonds is 20. The predicted molar refractivity (Wildman–Crippen MR) is 155 cm³/mol. The first kappa shape index (κ1) is 32.9. The number of epoxide rings is 1. The summed E-state index contributed by atoms with van der Waals surface area (Å²) in [5, 5.41) is 0. The van der Waals surface area contributed by atoms with Crippen molar-refractivity contribution in [2.24, 2.45) is 0 Å². The van der Waals surface area contributed by atoms with Gasteiger partial charge in [0.25, 0.3) is 0 Å². The van der Waals surface area contributed by atoms with Crippen LogP contribution in [0, 0.1) is 0 Å². The van der Waals surface area contributed by atoms with Crippen LogP contribution in [-0.4, -0.2) is 68.2 Å². The van der Waals surface area contributed by atoms with Gasteiger partial charge in [0.2, 0.25) is 0 Å². The van der Waals surface area contributed by atoms with Gasteiger partial charge in [0.15, 0.2) is 16.6 Å². The minimum absolute atomic E-state index is 0.307. The molecule has 6 nitrogen and oxygen atoms in total. The van der Waals surface area contributed by atoms with E-state index in [0.717, 1.165) is 19.1 Å². The molecule has 0 saturated carbocycles. The monoisotopic (exact) mass is 568 g/mol. The standard InChI is InChI=1S/C23H56O6Si5/c1-12-14-18-30(3,4)26-32(7,8)28-34(11,20-16-17-24-21-23-22-25-23)29-33(9,10)27-31(5,6)19-15-13-2/h23H,12-22H2,1-11H3. The Hall–Kier alpha value is 0.844. The van der Waals surface area contributed by atoms with Crippen molar-refractivity contribution in [1.29, 1.82) is 0 Å². The average Bonchev–Trinajstić information content (AvgIpc) is 3.45. The van der Waals surface area contributed by atoms with Crippen molar-refractivity contribution >= 4 is 42.3 Å². The Labute approximate surface area is 216 Å². The molecule has 1 atom stereocenters. The van der Waals surface area contributed by atoms with E-state index in [0.29, 0.717) is 19.3 Å². The summed E-state index contributed by atoms with van der Waals surface area (Å²) in [7, 11) is -10.8. The molecule has 1 aliphatic heterocycles. The fourth-order valence-electron chi connectivity index (χ4n) is 4.72. The minimum Gasteiger partial charge on any atom is -0.436 e. The first-order valence-electron chi connectivity index (χ1n) is 13.5. The van der Waals surface area contributed by atoms with E-state index in [2.05, 4.69) is 72.8 Å². The Bertz CT molecular complexity index is 548. The van der Waals surface area contributed by atoms with Crippen LogP contribution in [-0.2, 0) is 25.9 Å². The highest BCUT2D eigenvalue weighted by Crippen LogP contribution is 2.31. The molecule has 0 amide bonds. The molecule has 1 rings (SSSR count). The normalized spacial score (nSPS) is 17.9. The summed E-state index contributed by atoms with van der Waals surface area (Å²) in [6.07, 6.45) is 6.10. The van der Waals surface area contributed by atoms with Crippen molar-refractivity contribution in [2.45, 2.75) is 129 Å². The summed E-state index contributed by atoms with van der Waals surface area (Å²) in [5.41, 5.74) is 0. The van der Waals surface area contributed by atoms with Gasteiger partial charge in [-0.05, 0) is 83.5 Å². The first-order valence-corrected chi connectivity index (χ1v) is 27.9. The molecule has 1 saturated heterocycles. The maximum atomic E-state index is 6.97. The zero-order valence-electron chi connectivity index (χ0n) is 24.3. The number of hydrogen-bond donors (Lipinski definition) is 0. The highest BCUT2D eigenvalue weighted by Gasteiger charge is 2.47. The van der Waals surface area contributed by atoms with Gasteiger partial charge in [-0.1, -0.05) is 39.5 Å². The molecule has 0 aromatic heterocycles. The van der Waals surface area contributed by atoms with Crippen LogP contribution in [0.3, 0.4) is 0 Å². The average molecular weight is 569 g/mol. The second kappa shape index (κ2) is 14.1. The molecule has 1 heterocycles. The highest BCUT2D eigenvalue weighted by molar-refractivity contribution is 6.90. The van der Waals surface area contributed by atoms with Gasteiger partial charge in [-0.2, -0.15) is 0 Å². The summed E-state index contributed by atoms with van der Waals surface area (Å²) in [6, 6.07) is 3.26. The molecular formula is C23H56O6Si5. The molecule has 0 aromatic rings. The molecular weight excluding hydrogens is 513 g/mol. The lowest BCUT2D eigenvalue weighted by Crippen LogP contribution is -2.59. The predicted octanol–water partition coefficient (Wildman–Crippen LogP) is 7.34. The van der Waals surface area contributed by atoms with Crippen LogP contribution in [0.5, 0.6) is 0 Å². The van der Waals surface area contributed by atoms with E-state index in [1.807, 2.05) is 0 Å². The third-order valence-corrected chi connectivity index (χ3v) is 26.0. The van der Waals surface area contributed by atoms with Crippen LogP contribution in [0.1, 0.15) is 46.0 Å². The van der Waals surface area contributed by atoms with Gasteiger partial charge >= 0.3 is 25.7 Å². The summed E-state index contributed by atoms with van der Waals surface area (Å²) in [4.78, 5) is 0. The first-order chi connectivity index (χ1) is 15.5. The fraction of sp³-hybridized carbons (Fsp3) is 1.00. The largest absolute Gasteiger partial charge is 0.436 e. The van der Waals surface area contributed by atoms with Crippen molar-refractivity contribution in [2.75, 3.05) is 19.8 Å². The van der Waals surface area contributed by atoms with E-state index < -0.39 is 42.3 Å². The smallest absolute Gasteiger partial charge is 0.317 e. The Balaban J connectivity index is 2.88. The number of unbranched alkanes of at least 4 members (excludes halogenated alkanes) is 2. The highest BCUT2D eigenvalue weighted by atomic mass is 28.5. The van der Waals surface area contributed by atoms with Crippen molar-refractivity contribution in [3.8, 4) is 0 Å². The van der Waals surface area contributed by atoms with Gasteiger partial charge in [0.05, 0.1) is 13.2 Å². The van der Waals surface area contributed by atoms with E-state index in [1.165, 1.54) is 37.8 Å². The maximum Gasteiger partial charge on any atom is 0.317 e. The van der Waals surface area contributed by atoms with Gasteiger partial charge in [-0.15, -0.1) is 0 Å². The molecule has 1 aliphatic rings. The lowest BCUT2D eigenvalue weighted by atomic mass is 10.4. The third kappa shape index (κ3) is 15.2. The van der Waals surface area contributed by atoms with Crippen molar-refractivity contribution in [1.82, 2.24) is 0 Å². The number of hydrogen-bond acceptors (Lipinski definition) is 6. The number of ether oxygens (including phenoxy) is 2. The van der Waals surface area contributed by atoms with Crippen LogP contribution in [0.15, 0.2) is 0 Å². The van der Waals surface area contributed by atoms with Crippen molar-refractivity contribution in [3.63, 3.8) is 0 Å². The van der Waals surface area contributed by atoms with Gasteiger partial charge < -0.3 is 25.9 Å². The van der Waals surface area contributed by atoms with Crippen LogP contribution >= 0.6 is 0 Å². The summed E-state index contributed by atoms with van der Waals surface area (Å²) < 4.78 is 38.6. The second-order valence-electron chi connectivity index (χ2n) is 12.2. The van der Waals surface area contributed by atoms with Crippen LogP contribution in [0.4, 0.5) is 0 Å². The van der Waals surface area contributed by atoms with E-state index in [4.69, 9.17) is 25.9 Å². The van der Waals surface area contributed by atoms with E-state index in [-0.39, 0.29) is 0 Å². The Kier molecular flexibility index (Phi) is 13.7. The molecule has 34 heavy (non-hydrogen) atoms. The van der Waals surface area contributed by atoms with Gasteiger partial charge in [-0.25, -0.2) is 0 Å². The molecule has 1 fully saturated rings. The Morgan fingerprint density at radius 3 is 1.47 bits per heavy atom.